The van der Waals surface area contributed by atoms with Crippen molar-refractivity contribution in [3.63, 3.8) is 0 Å². The summed E-state index contributed by atoms with van der Waals surface area (Å²) in [5.74, 6) is 0. The number of hydrogen-bond acceptors (Lipinski definition) is 11. The summed E-state index contributed by atoms with van der Waals surface area (Å²) in [4.78, 5) is 0. The maximum Gasteiger partial charge on any atom is 0.187 e. The quantitative estimate of drug-likeness (QED) is 0.0912. The molecule has 2 N–H and O–H groups in total. The molecule has 0 aliphatic carbocycles. The number of hydrogen-bond donors (Lipinski definition) is 2. The van der Waals surface area contributed by atoms with Crippen molar-refractivity contribution in [2.24, 2.45) is 0 Å². The molecule has 0 spiro atoms. The normalized spacial score (nSPS) is 27.0. The van der Waals surface area contributed by atoms with Gasteiger partial charge in [0.25, 0.3) is 0 Å². The van der Waals surface area contributed by atoms with Gasteiger partial charge in [0.15, 0.2) is 12.6 Å². The lowest BCUT2D eigenvalue weighted by molar-refractivity contribution is -0.371. The molecule has 0 amide bonds. The molecule has 2 fully saturated rings. The van der Waals surface area contributed by atoms with E-state index in [1.807, 2.05) is 152 Å². The lowest BCUT2D eigenvalue weighted by atomic mass is 9.96. The highest BCUT2D eigenvalue weighted by atomic mass is 16.8. The van der Waals surface area contributed by atoms with Gasteiger partial charge in [0.05, 0.1) is 46.2 Å². The first-order chi connectivity index (χ1) is 29.1. The monoisotopic (exact) mass is 806 g/mol. The molecule has 0 saturated carbocycles. The van der Waals surface area contributed by atoms with E-state index < -0.39 is 61.4 Å². The van der Waals surface area contributed by atoms with Gasteiger partial charge in [-0.25, -0.2) is 0 Å². The van der Waals surface area contributed by atoms with Crippen LogP contribution in [0.5, 0.6) is 0 Å². The van der Waals surface area contributed by atoms with Gasteiger partial charge in [0.1, 0.15) is 48.8 Å². The molecule has 0 aromatic heterocycles. The molecule has 11 heteroatoms. The Kier molecular flexibility index (Phi) is 16.2. The average Bonchev–Trinajstić information content (AvgIpc) is 3.29. The maximum atomic E-state index is 11.8. The van der Waals surface area contributed by atoms with Gasteiger partial charge in [-0.3, -0.25) is 0 Å². The molecule has 2 aliphatic rings. The van der Waals surface area contributed by atoms with E-state index in [-0.39, 0.29) is 39.6 Å². The Morgan fingerprint density at radius 3 is 1.22 bits per heavy atom. The molecule has 2 heterocycles. The molecule has 0 unspecified atom stereocenters. The second kappa shape index (κ2) is 22.3. The molecular weight excluding hydrogens is 753 g/mol. The van der Waals surface area contributed by atoms with Crippen molar-refractivity contribution >= 4 is 0 Å². The van der Waals surface area contributed by atoms with Crippen molar-refractivity contribution in [2.75, 3.05) is 20.3 Å². The zero-order valence-corrected chi connectivity index (χ0v) is 33.2. The topological polar surface area (TPSA) is 124 Å². The molecule has 2 saturated heterocycles. The first-order valence-corrected chi connectivity index (χ1v) is 20.1. The minimum Gasteiger partial charge on any atom is -0.387 e. The zero-order chi connectivity index (χ0) is 40.7. The molecule has 0 bridgehead atoms. The minimum atomic E-state index is -1.40. The number of ether oxygens (including phenoxy) is 9. The number of aliphatic hydroxyl groups excluding tert-OH is 2. The summed E-state index contributed by atoms with van der Waals surface area (Å²) in [6.45, 7) is 1.27. The first kappa shape index (κ1) is 42.8. The first-order valence-electron chi connectivity index (χ1n) is 20.1. The Labute approximate surface area is 346 Å². The molecule has 312 valence electrons. The molecule has 5 aromatic rings. The Morgan fingerprint density at radius 1 is 0.407 bits per heavy atom. The molecule has 2 aliphatic heterocycles. The van der Waals surface area contributed by atoms with Crippen LogP contribution in [0.1, 0.15) is 27.8 Å². The largest absolute Gasteiger partial charge is 0.387 e. The van der Waals surface area contributed by atoms with Crippen molar-refractivity contribution in [2.45, 2.75) is 94.4 Å². The van der Waals surface area contributed by atoms with Crippen molar-refractivity contribution in [1.82, 2.24) is 0 Å². The Balaban J connectivity index is 1.19. The van der Waals surface area contributed by atoms with E-state index in [4.69, 9.17) is 42.6 Å². The van der Waals surface area contributed by atoms with Crippen LogP contribution in [0.2, 0.25) is 0 Å². The Morgan fingerprint density at radius 2 is 0.780 bits per heavy atom. The van der Waals surface area contributed by atoms with Crippen LogP contribution in [-0.4, -0.2) is 91.9 Å². The van der Waals surface area contributed by atoms with Crippen LogP contribution >= 0.6 is 0 Å². The maximum absolute atomic E-state index is 11.8. The van der Waals surface area contributed by atoms with Crippen molar-refractivity contribution in [3.05, 3.63) is 179 Å². The van der Waals surface area contributed by atoms with E-state index in [1.54, 1.807) is 7.11 Å². The summed E-state index contributed by atoms with van der Waals surface area (Å²) in [6, 6.07) is 48.8. The highest BCUT2D eigenvalue weighted by Gasteiger charge is 2.53. The van der Waals surface area contributed by atoms with Gasteiger partial charge >= 0.3 is 0 Å². The molecule has 5 aromatic carbocycles. The van der Waals surface area contributed by atoms with E-state index in [2.05, 4.69) is 0 Å². The van der Waals surface area contributed by atoms with Crippen molar-refractivity contribution in [3.8, 4) is 0 Å². The van der Waals surface area contributed by atoms with Gasteiger partial charge in [0, 0.05) is 7.11 Å². The predicted molar refractivity (Wildman–Crippen MR) is 218 cm³/mol. The lowest BCUT2D eigenvalue weighted by Gasteiger charge is -2.49. The van der Waals surface area contributed by atoms with E-state index in [0.717, 1.165) is 27.8 Å². The van der Waals surface area contributed by atoms with Gasteiger partial charge in [-0.15, -0.1) is 0 Å². The highest BCUT2D eigenvalue weighted by molar-refractivity contribution is 5.17. The van der Waals surface area contributed by atoms with Crippen molar-refractivity contribution < 1.29 is 52.8 Å². The summed E-state index contributed by atoms with van der Waals surface area (Å²) < 4.78 is 58.3. The molecule has 11 nitrogen and oxygen atoms in total. The summed E-state index contributed by atoms with van der Waals surface area (Å²) in [5, 5.41) is 23.2. The van der Waals surface area contributed by atoms with Gasteiger partial charge in [0.2, 0.25) is 0 Å². The van der Waals surface area contributed by atoms with Gasteiger partial charge in [-0.2, -0.15) is 0 Å². The predicted octanol–water partition coefficient (Wildman–Crippen LogP) is 6.38. The zero-order valence-electron chi connectivity index (χ0n) is 33.2. The molecule has 0 radical (unpaired) electrons. The molecule has 59 heavy (non-hydrogen) atoms. The smallest absolute Gasteiger partial charge is 0.187 e. The van der Waals surface area contributed by atoms with E-state index in [0.29, 0.717) is 6.61 Å². The van der Waals surface area contributed by atoms with Gasteiger partial charge < -0.3 is 52.8 Å². The standard InChI is InChI=1S/C48H54O11/c1-51-47-46(56-31-38-25-15-6-16-26-38)45(55-30-37-23-13-5-14-24-37)43(40(58-47)33-53-28-35-19-9-3-10-20-35)59-48-44(54-29-36-21-11-4-12-22-36)42(50)41(49)39(57-48)32-52-27-34-17-7-2-8-18-34/h2-26,39-50H,27-33H2,1H3/t39-,40-,41+,42+,43-,44-,45+,46-,47-,48+/m1/s1. The summed E-state index contributed by atoms with van der Waals surface area (Å²) >= 11 is 0. The summed E-state index contributed by atoms with van der Waals surface area (Å²) in [7, 11) is 1.57. The second-order valence-corrected chi connectivity index (χ2v) is 14.7. The van der Waals surface area contributed by atoms with Crippen LogP contribution in [0.15, 0.2) is 152 Å². The fourth-order valence-electron chi connectivity index (χ4n) is 7.25. The molecule has 7 rings (SSSR count). The third kappa shape index (κ3) is 12.1. The van der Waals surface area contributed by atoms with Crippen LogP contribution in [0.3, 0.4) is 0 Å². The van der Waals surface area contributed by atoms with E-state index in [1.165, 1.54) is 0 Å². The van der Waals surface area contributed by atoms with Crippen LogP contribution in [0, 0.1) is 0 Å². The number of benzene rings is 5. The summed E-state index contributed by atoms with van der Waals surface area (Å²) in [6.07, 6.45) is -10.2. The summed E-state index contributed by atoms with van der Waals surface area (Å²) in [5.41, 5.74) is 4.72. The number of rotatable bonds is 20. The third-order valence-corrected chi connectivity index (χ3v) is 10.4. The molecule has 10 atom stereocenters. The Hall–Kier alpha value is -4.34. The Bertz CT molecular complexity index is 1890. The minimum absolute atomic E-state index is 0.0222. The second-order valence-electron chi connectivity index (χ2n) is 14.7. The lowest BCUT2D eigenvalue weighted by Crippen LogP contribution is -2.65. The van der Waals surface area contributed by atoms with E-state index >= 15 is 0 Å². The number of aliphatic hydroxyl groups is 2. The van der Waals surface area contributed by atoms with Crippen LogP contribution < -0.4 is 0 Å². The fraction of sp³-hybridized carbons (Fsp3) is 0.375. The SMILES string of the molecule is CO[C@@H]1O[C@H](COCc2ccccc2)[C@@H](O[C@@H]2O[C@H](COCc3ccccc3)[C@H](O)[C@H](O)[C@H]2OCc2ccccc2)[C@H](OCc2ccccc2)[C@H]1OCc1ccccc1. The average molecular weight is 807 g/mol. The van der Waals surface area contributed by atoms with Crippen LogP contribution in [0.4, 0.5) is 0 Å². The van der Waals surface area contributed by atoms with Crippen LogP contribution in [0.25, 0.3) is 0 Å². The van der Waals surface area contributed by atoms with Crippen LogP contribution in [-0.2, 0) is 75.7 Å². The van der Waals surface area contributed by atoms with Crippen molar-refractivity contribution in [1.29, 1.82) is 0 Å². The number of methoxy groups -OCH3 is 1. The van der Waals surface area contributed by atoms with Gasteiger partial charge in [-0.1, -0.05) is 152 Å². The molecular formula is C48H54O11. The fourth-order valence-corrected chi connectivity index (χ4v) is 7.25. The third-order valence-electron chi connectivity index (χ3n) is 10.4. The van der Waals surface area contributed by atoms with E-state index in [9.17, 15) is 10.2 Å². The van der Waals surface area contributed by atoms with Gasteiger partial charge in [-0.05, 0) is 27.8 Å². The highest BCUT2D eigenvalue weighted by Crippen LogP contribution is 2.35.